The van der Waals surface area contributed by atoms with Gasteiger partial charge in [-0.25, -0.2) is 0 Å². The van der Waals surface area contributed by atoms with Gasteiger partial charge in [0.2, 0.25) is 0 Å². The molecule has 1 aromatic carbocycles. The third kappa shape index (κ3) is 2.68. The van der Waals surface area contributed by atoms with Crippen LogP contribution in [0.1, 0.15) is 44.9 Å². The summed E-state index contributed by atoms with van der Waals surface area (Å²) in [6.45, 7) is 0. The van der Waals surface area contributed by atoms with Crippen LogP contribution in [0.3, 0.4) is 0 Å². The molecule has 114 valence electrons. The van der Waals surface area contributed by atoms with Gasteiger partial charge in [-0.1, -0.05) is 53.7 Å². The van der Waals surface area contributed by atoms with E-state index in [2.05, 4.69) is 15.9 Å². The molecule has 3 rings (SSSR count). The molecule has 0 amide bonds. The van der Waals surface area contributed by atoms with Gasteiger partial charge >= 0.3 is 5.69 Å². The van der Waals surface area contributed by atoms with Crippen molar-refractivity contribution < 1.29 is 9.66 Å². The van der Waals surface area contributed by atoms with Crippen molar-refractivity contribution in [1.29, 1.82) is 0 Å². The molecule has 0 saturated heterocycles. The van der Waals surface area contributed by atoms with Crippen molar-refractivity contribution in [2.45, 2.75) is 55.9 Å². The molecule has 2 saturated carbocycles. The van der Waals surface area contributed by atoms with Crippen LogP contribution in [0.5, 0.6) is 5.75 Å². The normalized spacial score (nSPS) is 27.7. The summed E-state index contributed by atoms with van der Waals surface area (Å²) in [5.41, 5.74) is 0.236. The molecule has 5 heteroatoms. The second kappa shape index (κ2) is 5.95. The summed E-state index contributed by atoms with van der Waals surface area (Å²) in [4.78, 5) is 11.2. The number of hydrogen-bond donors (Lipinski definition) is 0. The molecule has 4 nitrogen and oxygen atoms in total. The smallest absolute Gasteiger partial charge is 0.310 e. The first-order valence-electron chi connectivity index (χ1n) is 7.68. The predicted molar refractivity (Wildman–Crippen MR) is 85.0 cm³/mol. The van der Waals surface area contributed by atoms with Crippen LogP contribution in [0.25, 0.3) is 0 Å². The summed E-state index contributed by atoms with van der Waals surface area (Å²) in [7, 11) is 0. The SMILES string of the molecule is O=[N+]([O-])c1ccccc1OC1CC(Br)C12CCCCCC2. The van der Waals surface area contributed by atoms with Crippen LogP contribution < -0.4 is 4.74 Å². The number of alkyl halides is 1. The van der Waals surface area contributed by atoms with Gasteiger partial charge in [0.05, 0.1) is 4.92 Å². The largest absolute Gasteiger partial charge is 0.483 e. The van der Waals surface area contributed by atoms with Gasteiger partial charge in [0.15, 0.2) is 5.75 Å². The van der Waals surface area contributed by atoms with Gasteiger partial charge in [0.1, 0.15) is 6.10 Å². The topological polar surface area (TPSA) is 52.4 Å². The van der Waals surface area contributed by atoms with Gasteiger partial charge < -0.3 is 4.74 Å². The molecule has 0 bridgehead atoms. The lowest BCUT2D eigenvalue weighted by atomic mass is 9.61. The van der Waals surface area contributed by atoms with E-state index in [1.165, 1.54) is 31.7 Å². The molecular weight excluding hydrogens is 334 g/mol. The lowest BCUT2D eigenvalue weighted by molar-refractivity contribution is -0.386. The summed E-state index contributed by atoms with van der Waals surface area (Å²) in [6.07, 6.45) is 8.41. The second-order valence-electron chi connectivity index (χ2n) is 6.18. The average Bonchev–Trinajstić information content (AvgIpc) is 2.75. The van der Waals surface area contributed by atoms with E-state index in [0.717, 1.165) is 19.3 Å². The fraction of sp³-hybridized carbons (Fsp3) is 0.625. The molecule has 2 aliphatic carbocycles. The molecule has 2 fully saturated rings. The highest BCUT2D eigenvalue weighted by Gasteiger charge is 2.55. The van der Waals surface area contributed by atoms with Crippen molar-refractivity contribution in [3.63, 3.8) is 0 Å². The number of nitro groups is 1. The minimum Gasteiger partial charge on any atom is -0.483 e. The van der Waals surface area contributed by atoms with Crippen molar-refractivity contribution >= 4 is 21.6 Å². The van der Waals surface area contributed by atoms with E-state index in [1.54, 1.807) is 18.2 Å². The minimum atomic E-state index is -0.362. The second-order valence-corrected chi connectivity index (χ2v) is 7.29. The Balaban J connectivity index is 1.80. The highest BCUT2D eigenvalue weighted by Crippen LogP contribution is 2.56. The molecule has 0 heterocycles. The van der Waals surface area contributed by atoms with Crippen molar-refractivity contribution in [3.8, 4) is 5.75 Å². The summed E-state index contributed by atoms with van der Waals surface area (Å²) < 4.78 is 6.09. The summed E-state index contributed by atoms with van der Waals surface area (Å²) in [6, 6.07) is 6.70. The monoisotopic (exact) mass is 353 g/mol. The van der Waals surface area contributed by atoms with Crippen LogP contribution in [0.2, 0.25) is 0 Å². The van der Waals surface area contributed by atoms with Crippen molar-refractivity contribution in [2.75, 3.05) is 0 Å². The van der Waals surface area contributed by atoms with Gasteiger partial charge in [-0.15, -0.1) is 0 Å². The molecule has 2 atom stereocenters. The Hall–Kier alpha value is -1.10. The van der Waals surface area contributed by atoms with Crippen molar-refractivity contribution in [1.82, 2.24) is 0 Å². The van der Waals surface area contributed by atoms with E-state index in [1.807, 2.05) is 0 Å². The Labute approximate surface area is 133 Å². The Morgan fingerprint density at radius 1 is 1.19 bits per heavy atom. The van der Waals surface area contributed by atoms with E-state index < -0.39 is 0 Å². The van der Waals surface area contributed by atoms with Crippen LogP contribution >= 0.6 is 15.9 Å². The predicted octanol–water partition coefficient (Wildman–Crippen LogP) is 4.85. The average molecular weight is 354 g/mol. The molecular formula is C16H20BrNO3. The van der Waals surface area contributed by atoms with Gasteiger partial charge in [0, 0.05) is 16.3 Å². The molecule has 0 aromatic heterocycles. The fourth-order valence-electron chi connectivity index (χ4n) is 3.75. The minimum absolute atomic E-state index is 0.0688. The van der Waals surface area contributed by atoms with Crippen LogP contribution in [0.4, 0.5) is 5.69 Å². The molecule has 2 unspecified atom stereocenters. The molecule has 0 aliphatic heterocycles. The number of nitrogens with zero attached hydrogens (tertiary/aromatic N) is 1. The molecule has 21 heavy (non-hydrogen) atoms. The van der Waals surface area contributed by atoms with Gasteiger partial charge in [-0.2, -0.15) is 0 Å². The summed E-state index contributed by atoms with van der Waals surface area (Å²) in [5, 5.41) is 11.1. The first-order valence-corrected chi connectivity index (χ1v) is 8.59. The van der Waals surface area contributed by atoms with Crippen molar-refractivity contribution in [3.05, 3.63) is 34.4 Å². The van der Waals surface area contributed by atoms with E-state index in [-0.39, 0.29) is 22.1 Å². The molecule has 1 aromatic rings. The molecule has 2 aliphatic rings. The van der Waals surface area contributed by atoms with Crippen LogP contribution in [0.15, 0.2) is 24.3 Å². The highest BCUT2D eigenvalue weighted by molar-refractivity contribution is 9.09. The first kappa shape index (κ1) is 14.8. The maximum absolute atomic E-state index is 11.1. The Morgan fingerprint density at radius 3 is 2.48 bits per heavy atom. The Morgan fingerprint density at radius 2 is 1.86 bits per heavy atom. The molecule has 0 N–H and O–H groups in total. The number of benzene rings is 1. The van der Waals surface area contributed by atoms with E-state index >= 15 is 0 Å². The summed E-state index contributed by atoms with van der Waals surface area (Å²) in [5.74, 6) is 0.413. The lowest BCUT2D eigenvalue weighted by Crippen LogP contribution is -2.56. The highest BCUT2D eigenvalue weighted by atomic mass is 79.9. The zero-order valence-corrected chi connectivity index (χ0v) is 13.5. The number of para-hydroxylation sites is 2. The van der Waals surface area contributed by atoms with Crippen LogP contribution in [-0.4, -0.2) is 15.9 Å². The number of nitro benzene ring substituents is 1. The maximum atomic E-state index is 11.1. The van der Waals surface area contributed by atoms with Crippen molar-refractivity contribution in [2.24, 2.45) is 5.41 Å². The van der Waals surface area contributed by atoms with Gasteiger partial charge in [-0.3, -0.25) is 10.1 Å². The van der Waals surface area contributed by atoms with E-state index in [9.17, 15) is 10.1 Å². The Bertz CT molecular complexity index is 526. The zero-order valence-electron chi connectivity index (χ0n) is 12.0. The van der Waals surface area contributed by atoms with Crippen LogP contribution in [0, 0.1) is 15.5 Å². The number of halogens is 1. The van der Waals surface area contributed by atoms with E-state index in [0.29, 0.717) is 10.6 Å². The Kier molecular flexibility index (Phi) is 4.20. The quantitative estimate of drug-likeness (QED) is 0.443. The maximum Gasteiger partial charge on any atom is 0.310 e. The number of rotatable bonds is 3. The number of ether oxygens (including phenoxy) is 1. The van der Waals surface area contributed by atoms with E-state index in [4.69, 9.17) is 4.74 Å². The first-order chi connectivity index (χ1) is 10.1. The molecule has 1 spiro atoms. The van der Waals surface area contributed by atoms with Gasteiger partial charge in [-0.05, 0) is 25.3 Å². The number of hydrogen-bond acceptors (Lipinski definition) is 3. The fourth-order valence-corrected chi connectivity index (χ4v) is 4.84. The third-order valence-corrected chi connectivity index (χ3v) is 6.34. The third-order valence-electron chi connectivity index (χ3n) is 5.05. The lowest BCUT2D eigenvalue weighted by Gasteiger charge is -2.53. The van der Waals surface area contributed by atoms with Gasteiger partial charge in [0.25, 0.3) is 0 Å². The zero-order chi connectivity index (χ0) is 14.9. The molecule has 0 radical (unpaired) electrons. The standard InChI is InChI=1S/C16H20BrNO3/c17-14-11-15(16(14)9-5-1-2-6-10-16)21-13-8-4-3-7-12(13)18(19)20/h3-4,7-8,14-15H,1-2,5-6,9-11H2. The summed E-state index contributed by atoms with van der Waals surface area (Å²) >= 11 is 3.80. The van der Waals surface area contributed by atoms with Crippen LogP contribution in [-0.2, 0) is 0 Å².